The number of hydrogen-bond acceptors (Lipinski definition) is 3. The molecular weight excluding hydrogens is 272 g/mol. The predicted molar refractivity (Wildman–Crippen MR) is 77.4 cm³/mol. The van der Waals surface area contributed by atoms with Crippen LogP contribution in [0.2, 0.25) is 0 Å². The molecule has 0 atom stereocenters. The van der Waals surface area contributed by atoms with Gasteiger partial charge in [-0.1, -0.05) is 12.1 Å². The maximum atomic E-state index is 11.7. The zero-order valence-electron chi connectivity index (χ0n) is 12.0. The Morgan fingerprint density at radius 2 is 2.19 bits per heavy atom. The molecule has 6 nitrogen and oxygen atoms in total. The topological polar surface area (TPSA) is 78.9 Å². The van der Waals surface area contributed by atoms with Crippen molar-refractivity contribution in [1.29, 1.82) is 0 Å². The second-order valence-electron chi connectivity index (χ2n) is 5.27. The van der Waals surface area contributed by atoms with E-state index in [1.165, 1.54) is 0 Å². The summed E-state index contributed by atoms with van der Waals surface area (Å²) in [5, 5.41) is 11.4. The summed E-state index contributed by atoms with van der Waals surface area (Å²) in [7, 11) is 0. The lowest BCUT2D eigenvalue weighted by molar-refractivity contribution is -0.139. The number of nitrogens with one attached hydrogen (secondary N) is 1. The Labute approximate surface area is 123 Å². The van der Waals surface area contributed by atoms with Gasteiger partial charge in [0, 0.05) is 19.0 Å². The Hall–Kier alpha value is -2.24. The molecule has 2 N–H and O–H groups in total. The van der Waals surface area contributed by atoms with Gasteiger partial charge in [-0.05, 0) is 24.6 Å². The van der Waals surface area contributed by atoms with Gasteiger partial charge in [-0.25, -0.2) is 4.79 Å². The predicted octanol–water partition coefficient (Wildman–Crippen LogP) is 1.49. The van der Waals surface area contributed by atoms with Crippen LogP contribution in [0.25, 0.3) is 0 Å². The number of aliphatic carboxylic acids is 1. The largest absolute Gasteiger partial charge is 0.492 e. The number of carbonyl (C=O) groups is 2. The maximum Gasteiger partial charge on any atom is 0.317 e. The van der Waals surface area contributed by atoms with Crippen molar-refractivity contribution >= 4 is 12.0 Å². The van der Waals surface area contributed by atoms with E-state index in [9.17, 15) is 9.59 Å². The SMILES string of the molecule is Cc1cccc(OCCNC(=O)N2CC(CC(=O)O)C2)c1. The molecular formula is C15H20N2O4. The van der Waals surface area contributed by atoms with E-state index in [1.54, 1.807) is 4.90 Å². The zero-order chi connectivity index (χ0) is 15.2. The lowest BCUT2D eigenvalue weighted by Gasteiger charge is -2.38. The number of nitrogens with zero attached hydrogens (tertiary/aromatic N) is 1. The van der Waals surface area contributed by atoms with Crippen molar-refractivity contribution in [2.24, 2.45) is 5.92 Å². The first kappa shape index (κ1) is 15.2. The van der Waals surface area contributed by atoms with Crippen LogP contribution in [0.15, 0.2) is 24.3 Å². The summed E-state index contributed by atoms with van der Waals surface area (Å²) in [6.07, 6.45) is 0.125. The van der Waals surface area contributed by atoms with Crippen molar-refractivity contribution < 1.29 is 19.4 Å². The summed E-state index contributed by atoms with van der Waals surface area (Å²) in [4.78, 5) is 23.9. The summed E-state index contributed by atoms with van der Waals surface area (Å²) in [6, 6.07) is 7.57. The van der Waals surface area contributed by atoms with Crippen molar-refractivity contribution in [2.75, 3.05) is 26.2 Å². The minimum Gasteiger partial charge on any atom is -0.492 e. The Morgan fingerprint density at radius 3 is 2.86 bits per heavy atom. The summed E-state index contributed by atoms with van der Waals surface area (Å²) < 4.78 is 5.53. The Morgan fingerprint density at radius 1 is 1.43 bits per heavy atom. The number of hydrogen-bond donors (Lipinski definition) is 2. The van der Waals surface area contributed by atoms with E-state index in [4.69, 9.17) is 9.84 Å². The monoisotopic (exact) mass is 292 g/mol. The highest BCUT2D eigenvalue weighted by Crippen LogP contribution is 2.18. The van der Waals surface area contributed by atoms with Gasteiger partial charge in [0.2, 0.25) is 0 Å². The fourth-order valence-electron chi connectivity index (χ4n) is 2.26. The number of likely N-dealkylation sites (tertiary alicyclic amines) is 1. The van der Waals surface area contributed by atoms with Gasteiger partial charge in [-0.2, -0.15) is 0 Å². The molecule has 114 valence electrons. The molecule has 1 aliphatic heterocycles. The van der Waals surface area contributed by atoms with Crippen LogP contribution in [0.5, 0.6) is 5.75 Å². The van der Waals surface area contributed by atoms with Crippen molar-refractivity contribution in [2.45, 2.75) is 13.3 Å². The number of rotatable bonds is 6. The normalized spacial score (nSPS) is 14.4. The quantitative estimate of drug-likeness (QED) is 0.779. The van der Waals surface area contributed by atoms with Crippen LogP contribution in [0.4, 0.5) is 4.79 Å². The summed E-state index contributed by atoms with van der Waals surface area (Å²) in [5.74, 6) is 0.0538. The lowest BCUT2D eigenvalue weighted by atomic mass is 9.97. The molecule has 6 heteroatoms. The molecule has 2 amide bonds. The van der Waals surface area contributed by atoms with Gasteiger partial charge in [0.25, 0.3) is 0 Å². The fourth-order valence-corrected chi connectivity index (χ4v) is 2.26. The van der Waals surface area contributed by atoms with E-state index in [1.807, 2.05) is 31.2 Å². The smallest absolute Gasteiger partial charge is 0.317 e. The molecule has 0 bridgehead atoms. The minimum atomic E-state index is -0.813. The Bertz CT molecular complexity index is 512. The van der Waals surface area contributed by atoms with Gasteiger partial charge in [0.1, 0.15) is 12.4 Å². The number of urea groups is 1. The molecule has 0 aromatic heterocycles. The molecule has 0 aliphatic carbocycles. The average molecular weight is 292 g/mol. The van der Waals surface area contributed by atoms with Crippen LogP contribution in [-0.4, -0.2) is 48.2 Å². The average Bonchev–Trinajstić information content (AvgIpc) is 2.38. The van der Waals surface area contributed by atoms with Crippen LogP contribution in [0.1, 0.15) is 12.0 Å². The van der Waals surface area contributed by atoms with Crippen molar-refractivity contribution in [3.8, 4) is 5.75 Å². The number of carboxylic acid groups (broad SMARTS) is 1. The fraction of sp³-hybridized carbons (Fsp3) is 0.467. The van der Waals surface area contributed by atoms with Gasteiger partial charge < -0.3 is 20.1 Å². The van der Waals surface area contributed by atoms with E-state index in [2.05, 4.69) is 5.32 Å². The summed E-state index contributed by atoms with van der Waals surface area (Å²) in [6.45, 7) is 3.84. The minimum absolute atomic E-state index is 0.0804. The molecule has 0 saturated carbocycles. The first-order valence-electron chi connectivity index (χ1n) is 6.98. The lowest BCUT2D eigenvalue weighted by Crippen LogP contribution is -2.54. The summed E-state index contributed by atoms with van der Waals surface area (Å²) in [5.41, 5.74) is 1.13. The number of benzene rings is 1. The van der Waals surface area contributed by atoms with Crippen LogP contribution < -0.4 is 10.1 Å². The highest BCUT2D eigenvalue weighted by molar-refractivity contribution is 5.75. The van der Waals surface area contributed by atoms with Crippen molar-refractivity contribution in [3.05, 3.63) is 29.8 Å². The van der Waals surface area contributed by atoms with E-state index in [0.29, 0.717) is 26.2 Å². The van der Waals surface area contributed by atoms with Gasteiger partial charge in [0.05, 0.1) is 13.0 Å². The molecule has 0 radical (unpaired) electrons. The second-order valence-corrected chi connectivity index (χ2v) is 5.27. The van der Waals surface area contributed by atoms with Gasteiger partial charge in [0.15, 0.2) is 0 Å². The molecule has 1 fully saturated rings. The van der Waals surface area contributed by atoms with Crippen LogP contribution in [0.3, 0.4) is 0 Å². The molecule has 1 aromatic carbocycles. The molecule has 1 aromatic rings. The van der Waals surface area contributed by atoms with Crippen LogP contribution in [0, 0.1) is 12.8 Å². The Kier molecular flexibility index (Phi) is 5.03. The van der Waals surface area contributed by atoms with E-state index < -0.39 is 5.97 Å². The number of ether oxygens (including phenoxy) is 1. The molecule has 0 spiro atoms. The first-order valence-corrected chi connectivity index (χ1v) is 6.98. The Balaban J connectivity index is 1.59. The number of aryl methyl sites for hydroxylation is 1. The van der Waals surface area contributed by atoms with E-state index >= 15 is 0 Å². The molecule has 2 rings (SSSR count). The number of carboxylic acids is 1. The molecule has 1 aliphatic rings. The third kappa shape index (κ3) is 4.66. The van der Waals surface area contributed by atoms with Gasteiger partial charge in [-0.15, -0.1) is 0 Å². The van der Waals surface area contributed by atoms with Crippen LogP contribution in [-0.2, 0) is 4.79 Å². The van der Waals surface area contributed by atoms with Crippen LogP contribution >= 0.6 is 0 Å². The molecule has 1 saturated heterocycles. The highest BCUT2D eigenvalue weighted by Gasteiger charge is 2.31. The third-order valence-electron chi connectivity index (χ3n) is 3.34. The van der Waals surface area contributed by atoms with E-state index in [0.717, 1.165) is 11.3 Å². The number of amides is 2. The molecule has 0 unspecified atom stereocenters. The maximum absolute atomic E-state index is 11.7. The highest BCUT2D eigenvalue weighted by atomic mass is 16.5. The van der Waals surface area contributed by atoms with E-state index in [-0.39, 0.29) is 18.4 Å². The summed E-state index contributed by atoms with van der Waals surface area (Å²) >= 11 is 0. The van der Waals surface area contributed by atoms with Gasteiger partial charge in [-0.3, -0.25) is 4.79 Å². The zero-order valence-corrected chi connectivity index (χ0v) is 12.0. The standard InChI is InChI=1S/C15H20N2O4/c1-11-3-2-4-13(7-11)21-6-5-16-15(20)17-9-12(10-17)8-14(18)19/h2-4,7,12H,5-6,8-10H2,1H3,(H,16,20)(H,18,19). The molecule has 21 heavy (non-hydrogen) atoms. The van der Waals surface area contributed by atoms with Gasteiger partial charge >= 0.3 is 12.0 Å². The molecule has 1 heterocycles. The second kappa shape index (κ2) is 6.97. The third-order valence-corrected chi connectivity index (χ3v) is 3.34. The number of carbonyl (C=O) groups excluding carboxylic acids is 1. The van der Waals surface area contributed by atoms with Crippen molar-refractivity contribution in [3.63, 3.8) is 0 Å². The van der Waals surface area contributed by atoms with Crippen molar-refractivity contribution in [1.82, 2.24) is 10.2 Å². The first-order chi connectivity index (χ1) is 10.0.